The summed E-state index contributed by atoms with van der Waals surface area (Å²) in [4.78, 5) is 0. The van der Waals surface area contributed by atoms with Crippen molar-refractivity contribution in [3.05, 3.63) is 0 Å². The highest BCUT2D eigenvalue weighted by Crippen LogP contribution is 2.48. The summed E-state index contributed by atoms with van der Waals surface area (Å²) in [6, 6.07) is 0. The van der Waals surface area contributed by atoms with Gasteiger partial charge in [-0.2, -0.15) is 0 Å². The van der Waals surface area contributed by atoms with Crippen LogP contribution in [0, 0.1) is 0 Å². The van der Waals surface area contributed by atoms with Crippen molar-refractivity contribution in [2.45, 2.75) is 59.3 Å². The van der Waals surface area contributed by atoms with Gasteiger partial charge in [0.25, 0.3) is 0 Å². The number of hydrogen-bond acceptors (Lipinski definition) is 0. The summed E-state index contributed by atoms with van der Waals surface area (Å²) < 4.78 is 0. The Morgan fingerprint density at radius 1 is 0.800 bits per heavy atom. The van der Waals surface area contributed by atoms with Gasteiger partial charge >= 0.3 is 0 Å². The van der Waals surface area contributed by atoms with Gasteiger partial charge in [0, 0.05) is 0 Å². The van der Waals surface area contributed by atoms with Crippen molar-refractivity contribution < 1.29 is 0 Å². The molecule has 0 saturated heterocycles. The first-order valence-corrected chi connectivity index (χ1v) is 9.08. The molecule has 0 amide bonds. The van der Waals surface area contributed by atoms with Crippen molar-refractivity contribution in [1.29, 1.82) is 0 Å². The molecule has 0 aliphatic carbocycles. The van der Waals surface area contributed by atoms with E-state index in [0.29, 0.717) is 0 Å². The molecule has 92 valence electrons. The van der Waals surface area contributed by atoms with Gasteiger partial charge in [0.05, 0.1) is 0 Å². The lowest BCUT2D eigenvalue weighted by Gasteiger charge is -2.25. The molecule has 0 aliphatic heterocycles. The van der Waals surface area contributed by atoms with Crippen molar-refractivity contribution in [3.63, 3.8) is 0 Å². The number of hydrogen-bond donors (Lipinski definition) is 1. The SMILES string of the molecule is CCCCP(=CN)(CCCC)CCCC. The quantitative estimate of drug-likeness (QED) is 0.593. The van der Waals surface area contributed by atoms with Crippen LogP contribution >= 0.6 is 6.89 Å². The fourth-order valence-electron chi connectivity index (χ4n) is 1.98. The first kappa shape index (κ1) is 15.3. The molecule has 0 unspecified atom stereocenters. The molecule has 0 heterocycles. The largest absolute Gasteiger partial charge is 0.309 e. The van der Waals surface area contributed by atoms with Crippen molar-refractivity contribution >= 4 is 12.8 Å². The van der Waals surface area contributed by atoms with E-state index in [9.17, 15) is 0 Å². The molecule has 1 nitrogen and oxygen atoms in total. The van der Waals surface area contributed by atoms with Crippen LogP contribution in [0.3, 0.4) is 0 Å². The van der Waals surface area contributed by atoms with Crippen molar-refractivity contribution in [2.24, 2.45) is 5.73 Å². The van der Waals surface area contributed by atoms with Crippen LogP contribution < -0.4 is 5.73 Å². The van der Waals surface area contributed by atoms with Crippen LogP contribution in [0.1, 0.15) is 59.3 Å². The summed E-state index contributed by atoms with van der Waals surface area (Å²) in [5.41, 5.74) is 5.95. The molecule has 0 radical (unpaired) electrons. The van der Waals surface area contributed by atoms with Gasteiger partial charge in [-0.05, 0) is 43.7 Å². The molecule has 2 heteroatoms. The fourth-order valence-corrected chi connectivity index (χ4v) is 5.93. The normalized spacial score (nSPS) is 11.7. The molecule has 2 N–H and O–H groups in total. The van der Waals surface area contributed by atoms with Crippen LogP contribution in [0.15, 0.2) is 0 Å². The maximum atomic E-state index is 5.95. The van der Waals surface area contributed by atoms with Gasteiger partial charge in [0.15, 0.2) is 0 Å². The lowest BCUT2D eigenvalue weighted by molar-refractivity contribution is 0.845. The van der Waals surface area contributed by atoms with Crippen LogP contribution in [-0.2, 0) is 0 Å². The van der Waals surface area contributed by atoms with Gasteiger partial charge in [0.2, 0.25) is 0 Å². The fraction of sp³-hybridized carbons (Fsp3) is 0.923. The molecule has 0 bridgehead atoms. The molecule has 0 aliphatic rings. The molecule has 0 saturated carbocycles. The topological polar surface area (TPSA) is 26.0 Å². The molecule has 15 heavy (non-hydrogen) atoms. The first-order valence-electron chi connectivity index (χ1n) is 6.66. The van der Waals surface area contributed by atoms with Gasteiger partial charge in [-0.15, -0.1) is 0 Å². The van der Waals surface area contributed by atoms with Gasteiger partial charge in [-0.3, -0.25) is 0 Å². The lowest BCUT2D eigenvalue weighted by atomic mass is 10.4. The second-order valence-electron chi connectivity index (χ2n) is 4.60. The van der Waals surface area contributed by atoms with Crippen LogP contribution in [0.5, 0.6) is 0 Å². The molecule has 0 fully saturated rings. The molecule has 0 spiro atoms. The standard InChI is InChI=1S/C13H30NP/c1-4-7-10-15(13-14,11-8-5-2)12-9-6-3/h13H,4-12,14H2,1-3H3. The zero-order valence-corrected chi connectivity index (χ0v) is 11.9. The predicted octanol–water partition coefficient (Wildman–Crippen LogP) is 4.12. The van der Waals surface area contributed by atoms with E-state index in [0.717, 1.165) is 0 Å². The van der Waals surface area contributed by atoms with E-state index in [2.05, 4.69) is 26.7 Å². The van der Waals surface area contributed by atoms with Gasteiger partial charge in [-0.25, -0.2) is 0 Å². The van der Waals surface area contributed by atoms with Crippen molar-refractivity contribution in [3.8, 4) is 0 Å². The third-order valence-electron chi connectivity index (χ3n) is 3.19. The highest BCUT2D eigenvalue weighted by molar-refractivity contribution is 7.74. The summed E-state index contributed by atoms with van der Waals surface area (Å²) in [5, 5.41) is 0. The van der Waals surface area contributed by atoms with E-state index >= 15 is 0 Å². The summed E-state index contributed by atoms with van der Waals surface area (Å²) in [7, 11) is 0. The van der Waals surface area contributed by atoms with Crippen LogP contribution in [0.25, 0.3) is 0 Å². The Bertz CT molecular complexity index is 158. The van der Waals surface area contributed by atoms with Gasteiger partial charge in [-0.1, -0.05) is 46.9 Å². The van der Waals surface area contributed by atoms with E-state index < -0.39 is 6.89 Å². The maximum absolute atomic E-state index is 5.95. The highest BCUT2D eigenvalue weighted by atomic mass is 31.2. The van der Waals surface area contributed by atoms with Gasteiger partial charge < -0.3 is 5.73 Å². The summed E-state index contributed by atoms with van der Waals surface area (Å²) >= 11 is 0. The molecule has 0 aromatic heterocycles. The van der Waals surface area contributed by atoms with Crippen molar-refractivity contribution in [1.82, 2.24) is 0 Å². The monoisotopic (exact) mass is 231 g/mol. The van der Waals surface area contributed by atoms with E-state index in [1.807, 2.05) is 0 Å². The average Bonchev–Trinajstić information content (AvgIpc) is 2.29. The Morgan fingerprint density at radius 2 is 1.13 bits per heavy atom. The van der Waals surface area contributed by atoms with Crippen LogP contribution in [0.2, 0.25) is 0 Å². The first-order chi connectivity index (χ1) is 7.24. The Hall–Kier alpha value is 0.260. The molecular formula is C13H30NP. The van der Waals surface area contributed by atoms with E-state index in [-0.39, 0.29) is 0 Å². The van der Waals surface area contributed by atoms with Crippen molar-refractivity contribution in [2.75, 3.05) is 18.5 Å². The van der Waals surface area contributed by atoms with E-state index in [4.69, 9.17) is 5.73 Å². The van der Waals surface area contributed by atoms with E-state index in [1.165, 1.54) is 57.0 Å². The predicted molar refractivity (Wildman–Crippen MR) is 76.5 cm³/mol. The third-order valence-corrected chi connectivity index (χ3v) is 7.44. The molecule has 0 atom stereocenters. The third kappa shape index (κ3) is 6.43. The Kier molecular flexibility index (Phi) is 9.65. The van der Waals surface area contributed by atoms with Gasteiger partial charge in [0.1, 0.15) is 0 Å². The number of nitrogens with two attached hydrogens (primary N) is 1. The minimum atomic E-state index is -0.874. The second-order valence-corrected chi connectivity index (χ2v) is 8.68. The molecular weight excluding hydrogens is 201 g/mol. The second kappa shape index (κ2) is 9.48. The summed E-state index contributed by atoms with van der Waals surface area (Å²) in [6.45, 7) is 5.97. The Labute approximate surface area is 96.8 Å². The number of unbranched alkanes of at least 4 members (excludes halogenated alkanes) is 3. The lowest BCUT2D eigenvalue weighted by Crippen LogP contribution is -2.08. The summed E-state index contributed by atoms with van der Waals surface area (Å²) in [5.74, 6) is 2.12. The van der Waals surface area contributed by atoms with E-state index in [1.54, 1.807) is 0 Å². The Morgan fingerprint density at radius 3 is 1.33 bits per heavy atom. The minimum absolute atomic E-state index is 0.874. The average molecular weight is 231 g/mol. The summed E-state index contributed by atoms with van der Waals surface area (Å²) in [6.07, 6.45) is 12.3. The maximum Gasteiger partial charge on any atom is -0.0284 e. The number of rotatable bonds is 9. The smallest absolute Gasteiger partial charge is 0.0284 e. The Balaban J connectivity index is 4.32. The van der Waals surface area contributed by atoms with Crippen LogP contribution in [-0.4, -0.2) is 24.4 Å². The molecule has 0 rings (SSSR count). The molecule has 0 aromatic carbocycles. The van der Waals surface area contributed by atoms with Crippen LogP contribution in [0.4, 0.5) is 0 Å². The highest BCUT2D eigenvalue weighted by Gasteiger charge is 2.14. The molecule has 0 aromatic rings. The zero-order valence-electron chi connectivity index (χ0n) is 11.0. The minimum Gasteiger partial charge on any atom is -0.309 e. The zero-order chi connectivity index (χ0) is 11.6.